The molecule has 1 atom stereocenters. The van der Waals surface area contributed by atoms with Crippen molar-refractivity contribution in [3.8, 4) is 0 Å². The predicted molar refractivity (Wildman–Crippen MR) is 38.9 cm³/mol. The van der Waals surface area contributed by atoms with Gasteiger partial charge in [-0.3, -0.25) is 0 Å². The van der Waals surface area contributed by atoms with Crippen LogP contribution in [0.5, 0.6) is 0 Å². The second kappa shape index (κ2) is 2.30. The summed E-state index contributed by atoms with van der Waals surface area (Å²) in [7, 11) is 1.82. The molecular weight excluding hydrogens is 142 g/mol. The summed E-state index contributed by atoms with van der Waals surface area (Å²) < 4.78 is 1.67. The topological polar surface area (TPSA) is 50.9 Å². The summed E-state index contributed by atoms with van der Waals surface area (Å²) in [6.45, 7) is 0. The third kappa shape index (κ3) is 0.939. The van der Waals surface area contributed by atoms with Gasteiger partial charge < -0.3 is 5.11 Å². The van der Waals surface area contributed by atoms with E-state index in [0.717, 1.165) is 30.7 Å². The van der Waals surface area contributed by atoms with Crippen LogP contribution in [0.4, 0.5) is 0 Å². The Labute approximate surface area is 64.8 Å². The Morgan fingerprint density at radius 2 is 2.45 bits per heavy atom. The van der Waals surface area contributed by atoms with Crippen molar-refractivity contribution in [1.29, 1.82) is 0 Å². The van der Waals surface area contributed by atoms with Gasteiger partial charge in [0.25, 0.3) is 0 Å². The van der Waals surface area contributed by atoms with E-state index in [4.69, 9.17) is 0 Å². The van der Waals surface area contributed by atoms with Crippen LogP contribution in [0.25, 0.3) is 0 Å². The first kappa shape index (κ1) is 6.79. The van der Waals surface area contributed by atoms with E-state index < -0.39 is 0 Å². The minimum Gasteiger partial charge on any atom is -0.387 e. The zero-order chi connectivity index (χ0) is 7.84. The average Bonchev–Trinajstić information content (AvgIpc) is 2.34. The van der Waals surface area contributed by atoms with Crippen molar-refractivity contribution in [3.63, 3.8) is 0 Å². The Balaban J connectivity index is 2.48. The van der Waals surface area contributed by atoms with E-state index in [9.17, 15) is 5.11 Å². The van der Waals surface area contributed by atoms with Crippen LogP contribution in [0.3, 0.4) is 0 Å². The van der Waals surface area contributed by atoms with Gasteiger partial charge in [-0.05, 0) is 19.3 Å². The first-order valence-corrected chi connectivity index (χ1v) is 3.85. The van der Waals surface area contributed by atoms with Crippen LogP contribution in [0.15, 0.2) is 0 Å². The maximum absolute atomic E-state index is 9.53. The molecule has 0 saturated carbocycles. The summed E-state index contributed by atoms with van der Waals surface area (Å²) in [6, 6.07) is 0. The summed E-state index contributed by atoms with van der Waals surface area (Å²) in [4.78, 5) is 0. The predicted octanol–water partition coefficient (Wildman–Crippen LogP) is 0.185. The van der Waals surface area contributed by atoms with Crippen LogP contribution in [0.2, 0.25) is 0 Å². The minimum atomic E-state index is -0.348. The molecule has 1 unspecified atom stereocenters. The number of hydrogen-bond acceptors (Lipinski definition) is 3. The zero-order valence-electron chi connectivity index (χ0n) is 6.49. The highest BCUT2D eigenvalue weighted by atomic mass is 16.3. The van der Waals surface area contributed by atoms with E-state index in [1.54, 1.807) is 4.68 Å². The molecule has 0 bridgehead atoms. The van der Waals surface area contributed by atoms with E-state index in [0.29, 0.717) is 0 Å². The molecule has 0 aromatic carbocycles. The molecule has 2 rings (SSSR count). The van der Waals surface area contributed by atoms with E-state index >= 15 is 0 Å². The van der Waals surface area contributed by atoms with Gasteiger partial charge in [-0.25, -0.2) is 4.68 Å². The van der Waals surface area contributed by atoms with Crippen molar-refractivity contribution >= 4 is 0 Å². The molecule has 0 radical (unpaired) electrons. The molecule has 0 spiro atoms. The van der Waals surface area contributed by atoms with Gasteiger partial charge in [0, 0.05) is 7.05 Å². The van der Waals surface area contributed by atoms with Crippen molar-refractivity contribution in [2.45, 2.75) is 25.4 Å². The lowest BCUT2D eigenvalue weighted by Gasteiger charge is -2.16. The molecule has 1 N–H and O–H groups in total. The number of aryl methyl sites for hydroxylation is 2. The Bertz CT molecular complexity index is 269. The van der Waals surface area contributed by atoms with Gasteiger partial charge in [0.1, 0.15) is 0 Å². The monoisotopic (exact) mass is 153 g/mol. The number of aliphatic hydroxyl groups is 1. The van der Waals surface area contributed by atoms with Crippen LogP contribution in [0.1, 0.15) is 30.3 Å². The molecule has 1 aliphatic carbocycles. The second-order valence-corrected chi connectivity index (χ2v) is 2.95. The fourth-order valence-corrected chi connectivity index (χ4v) is 1.59. The van der Waals surface area contributed by atoms with Crippen LogP contribution in [-0.2, 0) is 13.5 Å². The molecule has 0 saturated heterocycles. The van der Waals surface area contributed by atoms with Crippen LogP contribution in [-0.4, -0.2) is 20.1 Å². The van der Waals surface area contributed by atoms with Gasteiger partial charge in [-0.15, -0.1) is 5.10 Å². The SMILES string of the molecule is Cn1nnc2c1C(O)CCC2. The largest absolute Gasteiger partial charge is 0.387 e. The Kier molecular flexibility index (Phi) is 1.42. The molecule has 1 aliphatic rings. The highest BCUT2D eigenvalue weighted by molar-refractivity contribution is 5.15. The maximum atomic E-state index is 9.53. The Hall–Kier alpha value is -0.900. The van der Waals surface area contributed by atoms with Crippen molar-refractivity contribution in [1.82, 2.24) is 15.0 Å². The van der Waals surface area contributed by atoms with Crippen molar-refractivity contribution < 1.29 is 5.11 Å². The fourth-order valence-electron chi connectivity index (χ4n) is 1.59. The molecule has 0 amide bonds. The van der Waals surface area contributed by atoms with Gasteiger partial charge in [0.05, 0.1) is 17.5 Å². The minimum absolute atomic E-state index is 0.348. The molecule has 1 aromatic rings. The average molecular weight is 153 g/mol. The number of aliphatic hydroxyl groups excluding tert-OH is 1. The lowest BCUT2D eigenvalue weighted by Crippen LogP contribution is -2.12. The third-order valence-corrected chi connectivity index (χ3v) is 2.15. The second-order valence-electron chi connectivity index (χ2n) is 2.95. The molecule has 1 heterocycles. The van der Waals surface area contributed by atoms with E-state index in [2.05, 4.69) is 10.3 Å². The Morgan fingerprint density at radius 3 is 3.18 bits per heavy atom. The first-order chi connectivity index (χ1) is 5.29. The number of nitrogens with zero attached hydrogens (tertiary/aromatic N) is 3. The lowest BCUT2D eigenvalue weighted by atomic mass is 9.98. The summed E-state index contributed by atoms with van der Waals surface area (Å²) in [6.07, 6.45) is 2.47. The zero-order valence-corrected chi connectivity index (χ0v) is 6.49. The third-order valence-electron chi connectivity index (χ3n) is 2.15. The van der Waals surface area contributed by atoms with Gasteiger partial charge in [0.15, 0.2) is 0 Å². The summed E-state index contributed by atoms with van der Waals surface area (Å²) in [5.41, 5.74) is 1.86. The molecule has 1 aromatic heterocycles. The van der Waals surface area contributed by atoms with Gasteiger partial charge in [-0.1, -0.05) is 5.21 Å². The maximum Gasteiger partial charge on any atom is 0.0975 e. The molecule has 0 aliphatic heterocycles. The number of aromatic nitrogens is 3. The van der Waals surface area contributed by atoms with Crippen LogP contribution >= 0.6 is 0 Å². The number of fused-ring (bicyclic) bond motifs is 1. The van der Waals surface area contributed by atoms with E-state index in [1.807, 2.05) is 7.05 Å². The molecule has 4 heteroatoms. The molecular formula is C7H11N3O. The number of rotatable bonds is 0. The quantitative estimate of drug-likeness (QED) is 0.578. The smallest absolute Gasteiger partial charge is 0.0975 e. The fraction of sp³-hybridized carbons (Fsp3) is 0.714. The lowest BCUT2D eigenvalue weighted by molar-refractivity contribution is 0.147. The van der Waals surface area contributed by atoms with Crippen molar-refractivity contribution in [2.24, 2.45) is 7.05 Å². The van der Waals surface area contributed by atoms with Gasteiger partial charge in [-0.2, -0.15) is 0 Å². The molecule has 0 fully saturated rings. The standard InChI is InChI=1S/C7H11N3O/c1-10-7-5(8-9-10)3-2-4-6(7)11/h6,11H,2-4H2,1H3. The van der Waals surface area contributed by atoms with E-state index in [-0.39, 0.29) is 6.10 Å². The van der Waals surface area contributed by atoms with E-state index in [1.165, 1.54) is 0 Å². The van der Waals surface area contributed by atoms with Gasteiger partial charge in [0.2, 0.25) is 0 Å². The Morgan fingerprint density at radius 1 is 1.64 bits per heavy atom. The van der Waals surface area contributed by atoms with Crippen LogP contribution in [0, 0.1) is 0 Å². The normalized spacial score (nSPS) is 23.3. The summed E-state index contributed by atoms with van der Waals surface area (Å²) >= 11 is 0. The number of hydrogen-bond donors (Lipinski definition) is 1. The summed E-state index contributed by atoms with van der Waals surface area (Å²) in [5, 5.41) is 17.3. The molecule has 11 heavy (non-hydrogen) atoms. The highest BCUT2D eigenvalue weighted by Gasteiger charge is 2.22. The molecule has 60 valence electrons. The van der Waals surface area contributed by atoms with Crippen LogP contribution < -0.4 is 0 Å². The first-order valence-electron chi connectivity index (χ1n) is 3.85. The molecule has 4 nitrogen and oxygen atoms in total. The summed E-state index contributed by atoms with van der Waals surface area (Å²) in [5.74, 6) is 0. The van der Waals surface area contributed by atoms with Crippen molar-refractivity contribution in [2.75, 3.05) is 0 Å². The highest BCUT2D eigenvalue weighted by Crippen LogP contribution is 2.26. The van der Waals surface area contributed by atoms with Crippen molar-refractivity contribution in [3.05, 3.63) is 11.4 Å². The van der Waals surface area contributed by atoms with Gasteiger partial charge >= 0.3 is 0 Å².